The third-order valence-electron chi connectivity index (χ3n) is 2.78. The molecule has 0 unspecified atom stereocenters. The van der Waals surface area contributed by atoms with Gasteiger partial charge in [0.1, 0.15) is 0 Å². The Morgan fingerprint density at radius 2 is 2.06 bits per heavy atom. The number of likely N-dealkylation sites (tertiary alicyclic amines) is 1. The van der Waals surface area contributed by atoms with Crippen molar-refractivity contribution in [3.05, 3.63) is 35.9 Å². The molecule has 1 aliphatic heterocycles. The monoisotopic (exact) mass is 219 g/mol. The van der Waals surface area contributed by atoms with Crippen molar-refractivity contribution in [2.24, 2.45) is 0 Å². The van der Waals surface area contributed by atoms with Crippen molar-refractivity contribution in [1.29, 1.82) is 0 Å². The van der Waals surface area contributed by atoms with Gasteiger partial charge in [0.25, 0.3) is 0 Å². The number of rotatable bonds is 4. The molecule has 16 heavy (non-hydrogen) atoms. The van der Waals surface area contributed by atoms with Gasteiger partial charge in [0.2, 0.25) is 5.91 Å². The van der Waals surface area contributed by atoms with E-state index in [1.165, 1.54) is 0 Å². The van der Waals surface area contributed by atoms with E-state index in [0.717, 1.165) is 5.56 Å². The zero-order valence-electron chi connectivity index (χ0n) is 8.80. The van der Waals surface area contributed by atoms with Crippen LogP contribution in [-0.2, 0) is 16.1 Å². The quantitative estimate of drug-likeness (QED) is 0.775. The van der Waals surface area contributed by atoms with Crippen LogP contribution >= 0.6 is 0 Å². The van der Waals surface area contributed by atoms with Gasteiger partial charge >= 0.3 is 5.97 Å². The first-order valence-corrected chi connectivity index (χ1v) is 5.22. The van der Waals surface area contributed by atoms with E-state index in [2.05, 4.69) is 0 Å². The van der Waals surface area contributed by atoms with Crippen molar-refractivity contribution < 1.29 is 14.7 Å². The largest absolute Gasteiger partial charge is 0.481 e. The molecule has 2 rings (SSSR count). The van der Waals surface area contributed by atoms with Crippen LogP contribution < -0.4 is 0 Å². The first kappa shape index (κ1) is 10.7. The maximum Gasteiger partial charge on any atom is 0.305 e. The van der Waals surface area contributed by atoms with E-state index in [0.29, 0.717) is 13.0 Å². The van der Waals surface area contributed by atoms with E-state index >= 15 is 0 Å². The van der Waals surface area contributed by atoms with Crippen LogP contribution in [0.4, 0.5) is 0 Å². The molecule has 1 heterocycles. The summed E-state index contributed by atoms with van der Waals surface area (Å²) in [6.07, 6.45) is 0.401. The smallest absolute Gasteiger partial charge is 0.305 e. The SMILES string of the molecule is O=C(O)C[C@@H]1CC(=O)N1Cc1ccccc1. The number of hydrogen-bond acceptors (Lipinski definition) is 2. The van der Waals surface area contributed by atoms with Gasteiger partial charge < -0.3 is 10.0 Å². The average molecular weight is 219 g/mol. The molecule has 0 spiro atoms. The lowest BCUT2D eigenvalue weighted by Crippen LogP contribution is -2.52. The summed E-state index contributed by atoms with van der Waals surface area (Å²) in [6.45, 7) is 0.512. The van der Waals surface area contributed by atoms with E-state index in [9.17, 15) is 9.59 Å². The standard InChI is InChI=1S/C12H13NO3/c14-11-6-10(7-12(15)16)13(11)8-9-4-2-1-3-5-9/h1-5,10H,6-8H2,(H,15,16)/t10-/m0/s1. The number of carboxylic acids is 1. The minimum absolute atomic E-state index is 0.0371. The number of carbonyl (C=O) groups is 2. The number of hydrogen-bond donors (Lipinski definition) is 1. The second-order valence-electron chi connectivity index (χ2n) is 3.96. The molecule has 4 heteroatoms. The summed E-state index contributed by atoms with van der Waals surface area (Å²) in [4.78, 5) is 23.6. The van der Waals surface area contributed by atoms with Crippen LogP contribution in [0.3, 0.4) is 0 Å². The van der Waals surface area contributed by atoms with Gasteiger partial charge in [-0.3, -0.25) is 9.59 Å². The van der Waals surface area contributed by atoms with Crippen molar-refractivity contribution in [3.63, 3.8) is 0 Å². The first-order chi connectivity index (χ1) is 7.66. The Hall–Kier alpha value is -1.84. The van der Waals surface area contributed by atoms with E-state index in [1.807, 2.05) is 30.3 Å². The Morgan fingerprint density at radius 1 is 1.38 bits per heavy atom. The summed E-state index contributed by atoms with van der Waals surface area (Å²) in [5.41, 5.74) is 1.03. The molecule has 1 amide bonds. The molecule has 1 N–H and O–H groups in total. The van der Waals surface area contributed by atoms with Gasteiger partial charge in [0, 0.05) is 13.0 Å². The predicted octanol–water partition coefficient (Wildman–Crippen LogP) is 1.26. The van der Waals surface area contributed by atoms with Gasteiger partial charge in [-0.2, -0.15) is 0 Å². The third-order valence-corrected chi connectivity index (χ3v) is 2.78. The van der Waals surface area contributed by atoms with Crippen molar-refractivity contribution in [2.75, 3.05) is 0 Å². The number of aliphatic carboxylic acids is 1. The third kappa shape index (κ3) is 2.21. The molecule has 0 aliphatic carbocycles. The number of amides is 1. The fraction of sp³-hybridized carbons (Fsp3) is 0.333. The van der Waals surface area contributed by atoms with Crippen LogP contribution in [0.25, 0.3) is 0 Å². The van der Waals surface area contributed by atoms with Crippen molar-refractivity contribution in [3.8, 4) is 0 Å². The van der Waals surface area contributed by atoms with Crippen LogP contribution in [0, 0.1) is 0 Å². The van der Waals surface area contributed by atoms with Crippen LogP contribution in [-0.4, -0.2) is 27.9 Å². The number of carboxylic acid groups (broad SMARTS) is 1. The fourth-order valence-electron chi connectivity index (χ4n) is 1.90. The molecule has 1 fully saturated rings. The molecular weight excluding hydrogens is 206 g/mol. The highest BCUT2D eigenvalue weighted by atomic mass is 16.4. The van der Waals surface area contributed by atoms with Crippen molar-refractivity contribution in [1.82, 2.24) is 4.90 Å². The molecule has 0 aromatic heterocycles. The fourth-order valence-corrected chi connectivity index (χ4v) is 1.90. The Bertz CT molecular complexity index is 402. The molecule has 1 saturated heterocycles. The number of β-lactam (4-membered cyclic amide) rings is 1. The first-order valence-electron chi connectivity index (χ1n) is 5.22. The Labute approximate surface area is 93.5 Å². The van der Waals surface area contributed by atoms with Gasteiger partial charge in [0.15, 0.2) is 0 Å². The Kier molecular flexibility index (Phi) is 2.90. The zero-order chi connectivity index (χ0) is 11.5. The molecule has 1 aromatic rings. The second-order valence-corrected chi connectivity index (χ2v) is 3.96. The predicted molar refractivity (Wildman–Crippen MR) is 57.6 cm³/mol. The lowest BCUT2D eigenvalue weighted by Gasteiger charge is -2.39. The summed E-state index contributed by atoms with van der Waals surface area (Å²) in [5, 5.41) is 8.68. The molecule has 4 nitrogen and oxygen atoms in total. The van der Waals surface area contributed by atoms with E-state index in [4.69, 9.17) is 5.11 Å². The minimum Gasteiger partial charge on any atom is -0.481 e. The summed E-state index contributed by atoms with van der Waals surface area (Å²) in [5.74, 6) is -0.814. The molecule has 0 radical (unpaired) electrons. The zero-order valence-corrected chi connectivity index (χ0v) is 8.80. The highest BCUT2D eigenvalue weighted by Gasteiger charge is 2.36. The van der Waals surface area contributed by atoms with E-state index < -0.39 is 5.97 Å². The van der Waals surface area contributed by atoms with Gasteiger partial charge in [0.05, 0.1) is 12.5 Å². The molecule has 1 atom stereocenters. The lowest BCUT2D eigenvalue weighted by molar-refractivity contribution is -0.151. The van der Waals surface area contributed by atoms with E-state index in [1.54, 1.807) is 4.90 Å². The van der Waals surface area contributed by atoms with Gasteiger partial charge in [-0.15, -0.1) is 0 Å². The number of carbonyl (C=O) groups excluding carboxylic acids is 1. The molecular formula is C12H13NO3. The average Bonchev–Trinajstić information content (AvgIpc) is 2.26. The second kappa shape index (κ2) is 4.35. The van der Waals surface area contributed by atoms with Gasteiger partial charge in [-0.25, -0.2) is 0 Å². The number of benzene rings is 1. The van der Waals surface area contributed by atoms with Crippen molar-refractivity contribution in [2.45, 2.75) is 25.4 Å². The highest BCUT2D eigenvalue weighted by molar-refractivity contribution is 5.85. The lowest BCUT2D eigenvalue weighted by atomic mass is 9.97. The van der Waals surface area contributed by atoms with Gasteiger partial charge in [-0.05, 0) is 5.56 Å². The topological polar surface area (TPSA) is 57.6 Å². The van der Waals surface area contributed by atoms with Gasteiger partial charge in [-0.1, -0.05) is 30.3 Å². The molecule has 1 aliphatic rings. The summed E-state index contributed by atoms with van der Waals surface area (Å²) in [7, 11) is 0. The van der Waals surface area contributed by atoms with Crippen molar-refractivity contribution >= 4 is 11.9 Å². The van der Waals surface area contributed by atoms with Crippen LogP contribution in [0.2, 0.25) is 0 Å². The summed E-state index contributed by atoms with van der Waals surface area (Å²) in [6, 6.07) is 9.46. The number of nitrogens with zero attached hydrogens (tertiary/aromatic N) is 1. The minimum atomic E-state index is -0.851. The maximum atomic E-state index is 11.4. The Balaban J connectivity index is 1.98. The Morgan fingerprint density at radius 3 is 2.62 bits per heavy atom. The van der Waals surface area contributed by atoms with Crippen LogP contribution in [0.1, 0.15) is 18.4 Å². The maximum absolute atomic E-state index is 11.4. The summed E-state index contributed by atoms with van der Waals surface area (Å²) < 4.78 is 0. The van der Waals surface area contributed by atoms with Crippen LogP contribution in [0.5, 0.6) is 0 Å². The molecule has 0 bridgehead atoms. The highest BCUT2D eigenvalue weighted by Crippen LogP contribution is 2.24. The van der Waals surface area contributed by atoms with Crippen LogP contribution in [0.15, 0.2) is 30.3 Å². The normalized spacial score (nSPS) is 19.4. The molecule has 84 valence electrons. The molecule has 0 saturated carbocycles. The molecule has 1 aromatic carbocycles. The summed E-state index contributed by atoms with van der Waals surface area (Å²) >= 11 is 0. The van der Waals surface area contributed by atoms with E-state index in [-0.39, 0.29) is 18.4 Å².